The van der Waals surface area contributed by atoms with Gasteiger partial charge in [0.1, 0.15) is 0 Å². The van der Waals surface area contributed by atoms with Crippen LogP contribution in [0.5, 0.6) is 0 Å². The first-order valence-electron chi connectivity index (χ1n) is 5.97. The van der Waals surface area contributed by atoms with Crippen LogP contribution in [0, 0.1) is 3.57 Å². The highest BCUT2D eigenvalue weighted by Crippen LogP contribution is 2.21. The molecule has 0 amide bonds. The third-order valence-electron chi connectivity index (χ3n) is 3.23. The van der Waals surface area contributed by atoms with E-state index in [0.717, 1.165) is 16.4 Å². The van der Waals surface area contributed by atoms with Crippen LogP contribution in [0.3, 0.4) is 0 Å². The fourth-order valence-corrected chi connectivity index (χ4v) is 4.50. The average molecular weight is 380 g/mol. The molecule has 1 saturated heterocycles. The first-order valence-corrected chi connectivity index (χ1v) is 8.49. The molecule has 18 heavy (non-hydrogen) atoms. The second-order valence-corrected chi connectivity index (χ2v) is 7.63. The number of rotatable bonds is 3. The molecular formula is C12H17IN2O2S. The maximum atomic E-state index is 12.5. The van der Waals surface area contributed by atoms with Crippen LogP contribution in [0.2, 0.25) is 0 Å². The lowest BCUT2D eigenvalue weighted by Crippen LogP contribution is -2.46. The van der Waals surface area contributed by atoms with E-state index < -0.39 is 10.0 Å². The highest BCUT2D eigenvalue weighted by atomic mass is 127. The summed E-state index contributed by atoms with van der Waals surface area (Å²) >= 11 is 2.13. The van der Waals surface area contributed by atoms with Gasteiger partial charge in [0, 0.05) is 22.7 Å². The van der Waals surface area contributed by atoms with Crippen LogP contribution in [0.15, 0.2) is 29.2 Å². The van der Waals surface area contributed by atoms with Gasteiger partial charge in [-0.25, -0.2) is 8.42 Å². The fourth-order valence-electron chi connectivity index (χ4n) is 2.17. The molecule has 1 atom stereocenters. The molecule has 0 aliphatic carbocycles. The summed E-state index contributed by atoms with van der Waals surface area (Å²) in [4.78, 5) is 0.395. The number of hydrogen-bond acceptors (Lipinski definition) is 3. The molecule has 1 aliphatic heterocycles. The number of hydrogen-bond donors (Lipinski definition) is 1. The SMILES string of the molecule is CNC1CCCN(S(=O)(=O)c2cccc(I)c2)C1. The molecule has 0 saturated carbocycles. The number of piperidine rings is 1. The Labute approximate surface area is 122 Å². The lowest BCUT2D eigenvalue weighted by atomic mass is 10.1. The summed E-state index contributed by atoms with van der Waals surface area (Å²) in [6.45, 7) is 1.18. The maximum Gasteiger partial charge on any atom is 0.243 e. The zero-order valence-corrected chi connectivity index (χ0v) is 13.2. The first kappa shape index (κ1) is 14.2. The normalized spacial score (nSPS) is 22.0. The molecule has 4 nitrogen and oxygen atoms in total. The van der Waals surface area contributed by atoms with Crippen molar-refractivity contribution in [3.8, 4) is 0 Å². The van der Waals surface area contributed by atoms with E-state index in [1.165, 1.54) is 0 Å². The highest BCUT2D eigenvalue weighted by Gasteiger charge is 2.29. The van der Waals surface area contributed by atoms with Crippen molar-refractivity contribution >= 4 is 32.6 Å². The Kier molecular flexibility index (Phi) is 4.63. The minimum Gasteiger partial charge on any atom is -0.316 e. The van der Waals surface area contributed by atoms with Crippen molar-refractivity contribution in [2.45, 2.75) is 23.8 Å². The summed E-state index contributed by atoms with van der Waals surface area (Å²) in [7, 11) is -1.46. The highest BCUT2D eigenvalue weighted by molar-refractivity contribution is 14.1. The first-order chi connectivity index (χ1) is 8.54. The lowest BCUT2D eigenvalue weighted by Gasteiger charge is -2.31. The van der Waals surface area contributed by atoms with Gasteiger partial charge in [-0.15, -0.1) is 0 Å². The topological polar surface area (TPSA) is 49.4 Å². The van der Waals surface area contributed by atoms with Gasteiger partial charge in [0.05, 0.1) is 4.90 Å². The van der Waals surface area contributed by atoms with Crippen LogP contribution in [-0.4, -0.2) is 38.9 Å². The third kappa shape index (κ3) is 3.04. The Morgan fingerprint density at radius 1 is 1.44 bits per heavy atom. The second kappa shape index (κ2) is 5.85. The minimum atomic E-state index is -3.34. The molecule has 1 fully saturated rings. The number of nitrogens with one attached hydrogen (secondary N) is 1. The van der Waals surface area contributed by atoms with E-state index in [9.17, 15) is 8.42 Å². The van der Waals surface area contributed by atoms with Crippen LogP contribution < -0.4 is 5.32 Å². The van der Waals surface area contributed by atoms with Gasteiger partial charge >= 0.3 is 0 Å². The molecule has 0 aromatic heterocycles. The second-order valence-electron chi connectivity index (χ2n) is 4.45. The summed E-state index contributed by atoms with van der Waals surface area (Å²) in [5.74, 6) is 0. The molecule has 2 rings (SSSR count). The minimum absolute atomic E-state index is 0.260. The molecule has 1 aliphatic rings. The van der Waals surface area contributed by atoms with E-state index in [4.69, 9.17) is 0 Å². The van der Waals surface area contributed by atoms with E-state index in [1.807, 2.05) is 13.1 Å². The summed E-state index contributed by atoms with van der Waals surface area (Å²) in [5.41, 5.74) is 0. The number of halogens is 1. The smallest absolute Gasteiger partial charge is 0.243 e. The van der Waals surface area contributed by atoms with Gasteiger partial charge in [-0.2, -0.15) is 4.31 Å². The molecule has 0 bridgehead atoms. The Hall–Kier alpha value is -0.180. The van der Waals surface area contributed by atoms with Crippen molar-refractivity contribution in [2.75, 3.05) is 20.1 Å². The summed E-state index contributed by atoms with van der Waals surface area (Å²) < 4.78 is 27.5. The standard InChI is InChI=1S/C12H17IN2O2S/c1-14-11-5-3-7-15(9-11)18(16,17)12-6-2-4-10(13)8-12/h2,4,6,8,11,14H,3,5,7,9H2,1H3. The van der Waals surface area contributed by atoms with Gasteiger partial charge in [-0.3, -0.25) is 0 Å². The number of sulfonamides is 1. The van der Waals surface area contributed by atoms with E-state index in [1.54, 1.807) is 22.5 Å². The largest absolute Gasteiger partial charge is 0.316 e. The Morgan fingerprint density at radius 3 is 2.89 bits per heavy atom. The van der Waals surface area contributed by atoms with Crippen LogP contribution in [-0.2, 0) is 10.0 Å². The van der Waals surface area contributed by atoms with Gasteiger partial charge in [-0.05, 0) is 60.7 Å². The van der Waals surface area contributed by atoms with Crippen molar-refractivity contribution < 1.29 is 8.42 Å². The molecule has 0 radical (unpaired) electrons. The lowest BCUT2D eigenvalue weighted by molar-refractivity contribution is 0.293. The van der Waals surface area contributed by atoms with Crippen molar-refractivity contribution in [3.05, 3.63) is 27.8 Å². The quantitative estimate of drug-likeness (QED) is 0.812. The van der Waals surface area contributed by atoms with Gasteiger partial charge in [0.2, 0.25) is 10.0 Å². The Balaban J connectivity index is 2.25. The summed E-state index contributed by atoms with van der Waals surface area (Å²) in [6, 6.07) is 7.33. The van der Waals surface area contributed by atoms with Gasteiger partial charge in [-0.1, -0.05) is 6.07 Å². The van der Waals surface area contributed by atoms with Crippen molar-refractivity contribution in [3.63, 3.8) is 0 Å². The number of benzene rings is 1. The number of nitrogens with zero attached hydrogens (tertiary/aromatic N) is 1. The Bertz CT molecular complexity index is 519. The molecule has 1 unspecified atom stereocenters. The maximum absolute atomic E-state index is 12.5. The summed E-state index contributed by atoms with van der Waals surface area (Å²) in [5, 5.41) is 3.16. The molecular weight excluding hydrogens is 363 g/mol. The van der Waals surface area contributed by atoms with Crippen molar-refractivity contribution in [1.82, 2.24) is 9.62 Å². The molecule has 1 aromatic carbocycles. The van der Waals surface area contributed by atoms with Crippen LogP contribution in [0.25, 0.3) is 0 Å². The molecule has 6 heteroatoms. The van der Waals surface area contributed by atoms with E-state index in [-0.39, 0.29) is 6.04 Å². The molecule has 1 N–H and O–H groups in total. The third-order valence-corrected chi connectivity index (χ3v) is 5.76. The average Bonchev–Trinajstić information content (AvgIpc) is 2.39. The van der Waals surface area contributed by atoms with Crippen LogP contribution in [0.1, 0.15) is 12.8 Å². The van der Waals surface area contributed by atoms with E-state index >= 15 is 0 Å². The Morgan fingerprint density at radius 2 is 2.22 bits per heavy atom. The van der Waals surface area contributed by atoms with Gasteiger partial charge < -0.3 is 5.32 Å². The zero-order valence-electron chi connectivity index (χ0n) is 10.3. The molecule has 0 spiro atoms. The molecule has 100 valence electrons. The zero-order chi connectivity index (χ0) is 13.2. The predicted octanol–water partition coefficient (Wildman–Crippen LogP) is 1.66. The molecule has 1 heterocycles. The summed E-state index contributed by atoms with van der Waals surface area (Å²) in [6.07, 6.45) is 1.95. The fraction of sp³-hybridized carbons (Fsp3) is 0.500. The predicted molar refractivity (Wildman–Crippen MR) is 80.0 cm³/mol. The van der Waals surface area contributed by atoms with Gasteiger partial charge in [0.15, 0.2) is 0 Å². The number of likely N-dealkylation sites (N-methyl/N-ethyl adjacent to an activating group) is 1. The molecule has 1 aromatic rings. The van der Waals surface area contributed by atoms with E-state index in [0.29, 0.717) is 18.0 Å². The van der Waals surface area contributed by atoms with Crippen LogP contribution >= 0.6 is 22.6 Å². The van der Waals surface area contributed by atoms with Gasteiger partial charge in [0.25, 0.3) is 0 Å². The van der Waals surface area contributed by atoms with Crippen LogP contribution in [0.4, 0.5) is 0 Å². The van der Waals surface area contributed by atoms with Crippen molar-refractivity contribution in [2.24, 2.45) is 0 Å². The van der Waals surface area contributed by atoms with E-state index in [2.05, 4.69) is 27.9 Å². The monoisotopic (exact) mass is 380 g/mol. The van der Waals surface area contributed by atoms with Crippen molar-refractivity contribution in [1.29, 1.82) is 0 Å².